The molecule has 1 aliphatic rings. The van der Waals surface area contributed by atoms with Gasteiger partial charge in [0.05, 0.1) is 12.7 Å². The van der Waals surface area contributed by atoms with Crippen LogP contribution in [0, 0.1) is 11.8 Å². The first-order chi connectivity index (χ1) is 10.0. The highest BCUT2D eigenvalue weighted by molar-refractivity contribution is 5.97. The second-order valence-electron chi connectivity index (χ2n) is 6.19. The number of hydrogen-bond acceptors (Lipinski definition) is 3. The Morgan fingerprint density at radius 1 is 1.33 bits per heavy atom. The number of anilines is 1. The van der Waals surface area contributed by atoms with Gasteiger partial charge < -0.3 is 15.4 Å². The molecule has 4 heteroatoms. The molecule has 0 spiro atoms. The van der Waals surface area contributed by atoms with Crippen LogP contribution in [0.5, 0.6) is 5.75 Å². The van der Waals surface area contributed by atoms with Gasteiger partial charge >= 0.3 is 0 Å². The maximum atomic E-state index is 12.7. The van der Waals surface area contributed by atoms with E-state index in [2.05, 4.69) is 13.8 Å². The van der Waals surface area contributed by atoms with Crippen molar-refractivity contribution in [2.45, 2.75) is 33.1 Å². The smallest absolute Gasteiger partial charge is 0.257 e. The molecule has 0 aromatic heterocycles. The molecule has 1 aromatic carbocycles. The quantitative estimate of drug-likeness (QED) is 0.870. The zero-order valence-electron chi connectivity index (χ0n) is 13.3. The van der Waals surface area contributed by atoms with Crippen LogP contribution in [0.15, 0.2) is 18.2 Å². The Morgan fingerprint density at radius 2 is 2.10 bits per heavy atom. The molecule has 0 bridgehead atoms. The molecule has 2 N–H and O–H groups in total. The highest BCUT2D eigenvalue weighted by Gasteiger charge is 2.24. The van der Waals surface area contributed by atoms with E-state index >= 15 is 0 Å². The van der Waals surface area contributed by atoms with E-state index in [4.69, 9.17) is 10.5 Å². The highest BCUT2D eigenvalue weighted by Crippen LogP contribution is 2.27. The first kappa shape index (κ1) is 15.7. The first-order valence-electron chi connectivity index (χ1n) is 7.75. The number of nitrogen functional groups attached to an aromatic ring is 1. The van der Waals surface area contributed by atoms with Crippen molar-refractivity contribution in [3.63, 3.8) is 0 Å². The van der Waals surface area contributed by atoms with Crippen LogP contribution in [0.25, 0.3) is 0 Å². The van der Waals surface area contributed by atoms with Crippen LogP contribution >= 0.6 is 0 Å². The molecule has 0 saturated carbocycles. The van der Waals surface area contributed by atoms with Crippen LogP contribution in [0.3, 0.4) is 0 Å². The van der Waals surface area contributed by atoms with Crippen molar-refractivity contribution in [2.75, 3.05) is 25.9 Å². The van der Waals surface area contributed by atoms with Crippen molar-refractivity contribution in [3.8, 4) is 5.75 Å². The molecule has 1 unspecified atom stereocenters. The maximum Gasteiger partial charge on any atom is 0.257 e. The normalized spacial score (nSPS) is 19.4. The monoisotopic (exact) mass is 290 g/mol. The Hall–Kier alpha value is -1.71. The Labute approximate surface area is 127 Å². The lowest BCUT2D eigenvalue weighted by molar-refractivity contribution is 0.0755. The molecule has 0 radical (unpaired) electrons. The predicted molar refractivity (Wildman–Crippen MR) is 85.5 cm³/mol. The average Bonchev–Trinajstić information content (AvgIpc) is 2.72. The summed E-state index contributed by atoms with van der Waals surface area (Å²) in [4.78, 5) is 14.7. The predicted octanol–water partition coefficient (Wildman–Crippen LogP) is 3.18. The average molecular weight is 290 g/mol. The zero-order chi connectivity index (χ0) is 15.4. The van der Waals surface area contributed by atoms with E-state index in [-0.39, 0.29) is 5.91 Å². The third-order valence-electron chi connectivity index (χ3n) is 4.46. The molecule has 1 aromatic rings. The van der Waals surface area contributed by atoms with Crippen LogP contribution in [0.4, 0.5) is 5.69 Å². The molecular formula is C17H26N2O2. The minimum atomic E-state index is 0.0521. The van der Waals surface area contributed by atoms with E-state index in [1.807, 2.05) is 4.90 Å². The van der Waals surface area contributed by atoms with Crippen molar-refractivity contribution in [2.24, 2.45) is 11.8 Å². The van der Waals surface area contributed by atoms with Crippen LogP contribution < -0.4 is 10.5 Å². The van der Waals surface area contributed by atoms with E-state index in [1.54, 1.807) is 25.3 Å². The molecule has 0 aliphatic carbocycles. The fourth-order valence-corrected chi connectivity index (χ4v) is 3.05. The molecule has 1 heterocycles. The van der Waals surface area contributed by atoms with Gasteiger partial charge in [-0.2, -0.15) is 0 Å². The summed E-state index contributed by atoms with van der Waals surface area (Å²) in [7, 11) is 1.57. The molecule has 2 rings (SSSR count). The number of rotatable bonds is 3. The lowest BCUT2D eigenvalue weighted by Gasteiger charge is -2.22. The Bertz CT molecular complexity index is 500. The van der Waals surface area contributed by atoms with Crippen molar-refractivity contribution in [1.29, 1.82) is 0 Å². The summed E-state index contributed by atoms with van der Waals surface area (Å²) in [5, 5.41) is 0. The summed E-state index contributed by atoms with van der Waals surface area (Å²) in [5.74, 6) is 2.02. The minimum Gasteiger partial charge on any atom is -0.496 e. The number of nitrogens with zero attached hydrogens (tertiary/aromatic N) is 1. The summed E-state index contributed by atoms with van der Waals surface area (Å²) < 4.78 is 5.30. The topological polar surface area (TPSA) is 55.6 Å². The number of likely N-dealkylation sites (tertiary alicyclic amines) is 1. The van der Waals surface area contributed by atoms with Gasteiger partial charge in [-0.25, -0.2) is 0 Å². The summed E-state index contributed by atoms with van der Waals surface area (Å²) >= 11 is 0. The Balaban J connectivity index is 2.13. The lowest BCUT2D eigenvalue weighted by atomic mass is 9.89. The summed E-state index contributed by atoms with van der Waals surface area (Å²) in [6, 6.07) is 5.23. The summed E-state index contributed by atoms with van der Waals surface area (Å²) in [6.45, 7) is 6.20. The largest absolute Gasteiger partial charge is 0.496 e. The molecule has 21 heavy (non-hydrogen) atoms. The van der Waals surface area contributed by atoms with E-state index < -0.39 is 0 Å². The highest BCUT2D eigenvalue weighted by atomic mass is 16.5. The van der Waals surface area contributed by atoms with Gasteiger partial charge in [0, 0.05) is 24.8 Å². The van der Waals surface area contributed by atoms with E-state index in [0.717, 1.165) is 31.8 Å². The fraction of sp³-hybridized carbons (Fsp3) is 0.588. The van der Waals surface area contributed by atoms with Gasteiger partial charge in [0.2, 0.25) is 0 Å². The molecule has 1 fully saturated rings. The van der Waals surface area contributed by atoms with E-state index in [1.165, 1.54) is 6.42 Å². The SMILES string of the molecule is COc1cc(N)ccc1C(=O)N1CCCC(C(C)C)CC1. The minimum absolute atomic E-state index is 0.0521. The van der Waals surface area contributed by atoms with Gasteiger partial charge in [-0.15, -0.1) is 0 Å². The van der Waals surface area contributed by atoms with E-state index in [0.29, 0.717) is 22.9 Å². The number of nitrogens with two attached hydrogens (primary N) is 1. The number of ether oxygens (including phenoxy) is 1. The molecule has 1 amide bonds. The van der Waals surface area contributed by atoms with Crippen LogP contribution in [-0.2, 0) is 0 Å². The number of hydrogen-bond donors (Lipinski definition) is 1. The van der Waals surface area contributed by atoms with Crippen molar-refractivity contribution in [3.05, 3.63) is 23.8 Å². The van der Waals surface area contributed by atoms with Gasteiger partial charge in [0.25, 0.3) is 5.91 Å². The van der Waals surface area contributed by atoms with Crippen LogP contribution in [0.1, 0.15) is 43.5 Å². The number of carbonyl (C=O) groups is 1. The van der Waals surface area contributed by atoms with Gasteiger partial charge in [-0.1, -0.05) is 13.8 Å². The molecule has 116 valence electrons. The lowest BCUT2D eigenvalue weighted by Crippen LogP contribution is -2.32. The second kappa shape index (κ2) is 6.83. The van der Waals surface area contributed by atoms with Crippen LogP contribution in [-0.4, -0.2) is 31.0 Å². The zero-order valence-corrected chi connectivity index (χ0v) is 13.3. The van der Waals surface area contributed by atoms with Crippen molar-refractivity contribution < 1.29 is 9.53 Å². The van der Waals surface area contributed by atoms with Gasteiger partial charge in [0.1, 0.15) is 5.75 Å². The Kier molecular flexibility index (Phi) is 5.10. The summed E-state index contributed by atoms with van der Waals surface area (Å²) in [6.07, 6.45) is 3.37. The molecule has 1 aliphatic heterocycles. The molecular weight excluding hydrogens is 264 g/mol. The second-order valence-corrected chi connectivity index (χ2v) is 6.19. The van der Waals surface area contributed by atoms with E-state index in [9.17, 15) is 4.79 Å². The third-order valence-corrected chi connectivity index (χ3v) is 4.46. The number of benzene rings is 1. The number of methoxy groups -OCH3 is 1. The number of carbonyl (C=O) groups excluding carboxylic acids is 1. The molecule has 1 saturated heterocycles. The molecule has 1 atom stereocenters. The Morgan fingerprint density at radius 3 is 2.76 bits per heavy atom. The maximum absolute atomic E-state index is 12.7. The molecule has 4 nitrogen and oxygen atoms in total. The fourth-order valence-electron chi connectivity index (χ4n) is 3.05. The van der Waals surface area contributed by atoms with Crippen molar-refractivity contribution >= 4 is 11.6 Å². The van der Waals surface area contributed by atoms with Gasteiger partial charge in [-0.3, -0.25) is 4.79 Å². The van der Waals surface area contributed by atoms with Gasteiger partial charge in [-0.05, 0) is 43.2 Å². The first-order valence-corrected chi connectivity index (χ1v) is 7.75. The standard InChI is InChI=1S/C17H26N2O2/c1-12(2)13-5-4-9-19(10-8-13)17(20)15-7-6-14(18)11-16(15)21-3/h6-7,11-13H,4-5,8-10,18H2,1-3H3. The third kappa shape index (κ3) is 3.69. The van der Waals surface area contributed by atoms with Crippen molar-refractivity contribution in [1.82, 2.24) is 4.90 Å². The number of amides is 1. The van der Waals surface area contributed by atoms with Gasteiger partial charge in [0.15, 0.2) is 0 Å². The summed E-state index contributed by atoms with van der Waals surface area (Å²) in [5.41, 5.74) is 6.97. The van der Waals surface area contributed by atoms with Crippen LogP contribution in [0.2, 0.25) is 0 Å².